The molecule has 3 aromatic rings. The molecule has 12 heteroatoms. The van der Waals surface area contributed by atoms with Gasteiger partial charge >= 0.3 is 6.03 Å². The lowest BCUT2D eigenvalue weighted by Crippen LogP contribution is -2.45. The number of urea groups is 1. The molecule has 2 N–H and O–H groups in total. The van der Waals surface area contributed by atoms with Gasteiger partial charge in [-0.1, -0.05) is 40.6 Å². The Balaban J connectivity index is 1.26. The standard InChI is InChI=1S/C21H17Cl2N5O4S/c22-12-3-1-4-13(17(12)23)24-21(30)28-8-2-5-14(28)18(29)25-20-27-26-19(33-20)11-6-7-15-16(9-11)32-10-31-15/h1,3-4,6-7,9,14H,2,5,8,10H2,(H,24,30)(H,25,27,29)/t14-/m1/s1. The first-order valence-electron chi connectivity index (χ1n) is 10.1. The van der Waals surface area contributed by atoms with Gasteiger partial charge in [-0.15, -0.1) is 10.2 Å². The Morgan fingerprint density at radius 1 is 1.09 bits per heavy atom. The number of rotatable bonds is 4. The van der Waals surface area contributed by atoms with Gasteiger partial charge in [0.15, 0.2) is 11.5 Å². The second-order valence-electron chi connectivity index (χ2n) is 7.35. The Hall–Kier alpha value is -3.08. The van der Waals surface area contributed by atoms with E-state index in [4.69, 9.17) is 32.7 Å². The van der Waals surface area contributed by atoms with E-state index in [9.17, 15) is 9.59 Å². The number of nitrogens with one attached hydrogen (secondary N) is 2. The van der Waals surface area contributed by atoms with Crippen LogP contribution in [-0.4, -0.2) is 46.4 Å². The zero-order chi connectivity index (χ0) is 22.9. The molecule has 0 unspecified atom stereocenters. The molecule has 0 saturated carbocycles. The summed E-state index contributed by atoms with van der Waals surface area (Å²) in [6, 6.07) is 9.38. The Kier molecular flexibility index (Phi) is 5.96. The molecule has 1 aromatic heterocycles. The highest BCUT2D eigenvalue weighted by Gasteiger charge is 2.35. The van der Waals surface area contributed by atoms with Crippen molar-refractivity contribution in [2.75, 3.05) is 24.0 Å². The van der Waals surface area contributed by atoms with Crippen LogP contribution in [0.3, 0.4) is 0 Å². The highest BCUT2D eigenvalue weighted by Crippen LogP contribution is 2.37. The molecular weight excluding hydrogens is 489 g/mol. The highest BCUT2D eigenvalue weighted by molar-refractivity contribution is 7.18. The van der Waals surface area contributed by atoms with Gasteiger partial charge in [0, 0.05) is 12.1 Å². The summed E-state index contributed by atoms with van der Waals surface area (Å²) >= 11 is 13.4. The largest absolute Gasteiger partial charge is 0.454 e. The average molecular weight is 506 g/mol. The normalized spacial score (nSPS) is 16.7. The summed E-state index contributed by atoms with van der Waals surface area (Å²) in [4.78, 5) is 27.2. The number of fused-ring (bicyclic) bond motifs is 1. The monoisotopic (exact) mass is 505 g/mol. The summed E-state index contributed by atoms with van der Waals surface area (Å²) in [5, 5.41) is 15.3. The number of ether oxygens (including phenoxy) is 2. The second kappa shape index (κ2) is 9.05. The van der Waals surface area contributed by atoms with Crippen molar-refractivity contribution in [1.29, 1.82) is 0 Å². The van der Waals surface area contributed by atoms with E-state index < -0.39 is 12.1 Å². The molecule has 2 aliphatic heterocycles. The van der Waals surface area contributed by atoms with Crippen molar-refractivity contribution in [2.45, 2.75) is 18.9 Å². The first-order valence-corrected chi connectivity index (χ1v) is 11.6. The number of hydrogen-bond acceptors (Lipinski definition) is 7. The smallest absolute Gasteiger partial charge is 0.322 e. The van der Waals surface area contributed by atoms with E-state index in [1.165, 1.54) is 16.2 Å². The fourth-order valence-corrected chi connectivity index (χ4v) is 4.77. The van der Waals surface area contributed by atoms with Gasteiger partial charge in [-0.3, -0.25) is 10.1 Å². The van der Waals surface area contributed by atoms with E-state index >= 15 is 0 Å². The summed E-state index contributed by atoms with van der Waals surface area (Å²) in [5.41, 5.74) is 1.19. The predicted octanol–water partition coefficient (Wildman–Crippen LogP) is 4.88. The molecule has 2 aliphatic rings. The maximum absolute atomic E-state index is 12.9. The summed E-state index contributed by atoms with van der Waals surface area (Å²) in [5.74, 6) is 0.990. The summed E-state index contributed by atoms with van der Waals surface area (Å²) in [6.07, 6.45) is 1.24. The van der Waals surface area contributed by atoms with Gasteiger partial charge in [0.1, 0.15) is 11.0 Å². The third-order valence-corrected chi connectivity index (χ3v) is 6.99. The summed E-state index contributed by atoms with van der Waals surface area (Å²) in [7, 11) is 0. The molecule has 0 radical (unpaired) electrons. The van der Waals surface area contributed by atoms with Crippen molar-refractivity contribution >= 4 is 57.3 Å². The van der Waals surface area contributed by atoms with Crippen LogP contribution in [0.25, 0.3) is 10.6 Å². The molecule has 9 nitrogen and oxygen atoms in total. The van der Waals surface area contributed by atoms with Crippen molar-refractivity contribution in [1.82, 2.24) is 15.1 Å². The zero-order valence-corrected chi connectivity index (χ0v) is 19.3. The topological polar surface area (TPSA) is 106 Å². The summed E-state index contributed by atoms with van der Waals surface area (Å²) in [6.45, 7) is 0.631. The molecule has 3 amide bonds. The lowest BCUT2D eigenvalue weighted by atomic mass is 10.2. The van der Waals surface area contributed by atoms with E-state index in [0.29, 0.717) is 51.7 Å². The molecular formula is C21H17Cl2N5O4S. The van der Waals surface area contributed by atoms with Gasteiger partial charge in [-0.2, -0.15) is 0 Å². The van der Waals surface area contributed by atoms with Crippen LogP contribution in [0.1, 0.15) is 12.8 Å². The van der Waals surface area contributed by atoms with Gasteiger partial charge in [0.05, 0.1) is 15.7 Å². The van der Waals surface area contributed by atoms with E-state index in [-0.39, 0.29) is 17.7 Å². The highest BCUT2D eigenvalue weighted by atomic mass is 35.5. The molecule has 33 heavy (non-hydrogen) atoms. The SMILES string of the molecule is O=C(Nc1nnc(-c2ccc3c(c2)OCO3)s1)[C@H]1CCCN1C(=O)Nc1cccc(Cl)c1Cl. The van der Waals surface area contributed by atoms with E-state index in [1.807, 2.05) is 12.1 Å². The Bertz CT molecular complexity index is 1240. The van der Waals surface area contributed by atoms with Gasteiger partial charge in [0.25, 0.3) is 0 Å². The number of aromatic nitrogens is 2. The van der Waals surface area contributed by atoms with Crippen molar-refractivity contribution < 1.29 is 19.1 Å². The van der Waals surface area contributed by atoms with Crippen LogP contribution in [-0.2, 0) is 4.79 Å². The van der Waals surface area contributed by atoms with Crippen LogP contribution in [0.15, 0.2) is 36.4 Å². The van der Waals surface area contributed by atoms with Crippen LogP contribution >= 0.6 is 34.5 Å². The maximum atomic E-state index is 12.9. The third-order valence-electron chi connectivity index (χ3n) is 5.28. The maximum Gasteiger partial charge on any atom is 0.322 e. The Morgan fingerprint density at radius 2 is 1.94 bits per heavy atom. The number of amides is 3. The zero-order valence-electron chi connectivity index (χ0n) is 17.0. The lowest BCUT2D eigenvalue weighted by Gasteiger charge is -2.24. The number of likely N-dealkylation sites (tertiary alicyclic amines) is 1. The first kappa shape index (κ1) is 21.7. The third kappa shape index (κ3) is 4.41. The number of carbonyl (C=O) groups excluding carboxylic acids is 2. The predicted molar refractivity (Wildman–Crippen MR) is 125 cm³/mol. The second-order valence-corrected chi connectivity index (χ2v) is 9.12. The number of hydrogen-bond donors (Lipinski definition) is 2. The van der Waals surface area contributed by atoms with Crippen molar-refractivity contribution in [3.05, 3.63) is 46.4 Å². The minimum atomic E-state index is -0.638. The Labute approximate surface area is 202 Å². The minimum Gasteiger partial charge on any atom is -0.454 e. The van der Waals surface area contributed by atoms with Crippen molar-refractivity contribution in [2.24, 2.45) is 0 Å². The van der Waals surface area contributed by atoms with Gasteiger partial charge in [-0.25, -0.2) is 4.79 Å². The van der Waals surface area contributed by atoms with Crippen LogP contribution in [0.5, 0.6) is 11.5 Å². The molecule has 3 heterocycles. The fraction of sp³-hybridized carbons (Fsp3) is 0.238. The average Bonchev–Trinajstić information content (AvgIpc) is 3.56. The number of benzene rings is 2. The summed E-state index contributed by atoms with van der Waals surface area (Å²) < 4.78 is 10.7. The molecule has 170 valence electrons. The van der Waals surface area contributed by atoms with Crippen LogP contribution in [0.2, 0.25) is 10.0 Å². The Morgan fingerprint density at radius 3 is 2.82 bits per heavy atom. The van der Waals surface area contributed by atoms with E-state index in [0.717, 1.165) is 5.56 Å². The van der Waals surface area contributed by atoms with Crippen LogP contribution in [0.4, 0.5) is 15.6 Å². The number of nitrogens with zero attached hydrogens (tertiary/aromatic N) is 3. The first-order chi connectivity index (χ1) is 16.0. The van der Waals surface area contributed by atoms with E-state index in [2.05, 4.69) is 20.8 Å². The lowest BCUT2D eigenvalue weighted by molar-refractivity contribution is -0.119. The number of halogens is 2. The molecule has 1 saturated heterocycles. The molecule has 1 fully saturated rings. The van der Waals surface area contributed by atoms with Gasteiger partial charge < -0.3 is 19.7 Å². The van der Waals surface area contributed by atoms with Crippen molar-refractivity contribution in [3.63, 3.8) is 0 Å². The molecule has 5 rings (SSSR count). The fourth-order valence-electron chi connectivity index (χ4n) is 3.68. The molecule has 0 spiro atoms. The van der Waals surface area contributed by atoms with Crippen LogP contribution in [0, 0.1) is 0 Å². The van der Waals surface area contributed by atoms with E-state index in [1.54, 1.807) is 24.3 Å². The molecule has 0 aliphatic carbocycles. The molecule has 0 bridgehead atoms. The quantitative estimate of drug-likeness (QED) is 0.523. The van der Waals surface area contributed by atoms with Gasteiger partial charge in [-0.05, 0) is 43.2 Å². The molecule has 1 atom stereocenters. The minimum absolute atomic E-state index is 0.186. The molecule has 2 aromatic carbocycles. The number of carbonyl (C=O) groups is 2. The van der Waals surface area contributed by atoms with Crippen molar-refractivity contribution in [3.8, 4) is 22.1 Å². The number of anilines is 2. The van der Waals surface area contributed by atoms with Crippen LogP contribution < -0.4 is 20.1 Å². The van der Waals surface area contributed by atoms with Gasteiger partial charge in [0.2, 0.25) is 17.8 Å².